The number of nitrogens with zero attached hydrogens (tertiary/aromatic N) is 1. The van der Waals surface area contributed by atoms with Crippen LogP contribution >= 0.6 is 0 Å². The monoisotopic (exact) mass is 394 g/mol. The van der Waals surface area contributed by atoms with Gasteiger partial charge in [0.2, 0.25) is 0 Å². The Bertz CT molecular complexity index is 775. The zero-order chi connectivity index (χ0) is 21.1. The average Bonchev–Trinajstić information content (AvgIpc) is 2.98. The lowest BCUT2D eigenvalue weighted by Crippen LogP contribution is -2.30. The molecule has 5 nitrogen and oxygen atoms in total. The molecule has 3 N–H and O–H groups in total. The van der Waals surface area contributed by atoms with Crippen molar-refractivity contribution in [3.05, 3.63) is 77.6 Å². The summed E-state index contributed by atoms with van der Waals surface area (Å²) in [5.41, 5.74) is 5.57. The van der Waals surface area contributed by atoms with Gasteiger partial charge in [-0.05, 0) is 36.5 Å². The highest BCUT2D eigenvalue weighted by atomic mass is 16.1. The van der Waals surface area contributed by atoms with E-state index in [1.54, 1.807) is 7.05 Å². The highest BCUT2D eigenvalue weighted by molar-refractivity contribution is 5.92. The molecule has 0 fully saturated rings. The lowest BCUT2D eigenvalue weighted by Gasteiger charge is -2.16. The zero-order valence-electron chi connectivity index (χ0n) is 17.8. The van der Waals surface area contributed by atoms with Crippen LogP contribution in [0.2, 0.25) is 0 Å². The molecule has 0 radical (unpaired) electrons. The van der Waals surface area contributed by atoms with Gasteiger partial charge in [0.15, 0.2) is 0 Å². The Morgan fingerprint density at radius 3 is 2.72 bits per heavy atom. The standard InChI is InChI=1S/C24H34N4O/c1-5-6-7-8-11-22-14-13-20(16-26-22)15-18(2)28-19(3)21-10-9-12-23(27-17-21)24(29)25-4/h10,12-14,16,27-28H,2-3,5-9,11,15,17H2,1,4H3,(H,25,29). The number of unbranched alkanes of at least 4 members (excludes halogenated alkanes) is 3. The van der Waals surface area contributed by atoms with Crippen LogP contribution in [0.3, 0.4) is 0 Å². The maximum atomic E-state index is 11.8. The number of hydrogen-bond donors (Lipinski definition) is 3. The molecule has 1 aromatic rings. The second kappa shape index (κ2) is 11.9. The number of nitrogens with one attached hydrogen (secondary N) is 3. The van der Waals surface area contributed by atoms with Crippen LogP contribution in [0.1, 0.15) is 50.3 Å². The molecule has 0 spiro atoms. The number of carbonyl (C=O) groups excluding carboxylic acids is 1. The summed E-state index contributed by atoms with van der Waals surface area (Å²) in [6.45, 7) is 11.0. The Hall–Kier alpha value is -2.82. The van der Waals surface area contributed by atoms with Gasteiger partial charge in [-0.15, -0.1) is 0 Å². The van der Waals surface area contributed by atoms with Gasteiger partial charge in [0.25, 0.3) is 5.91 Å². The number of carbonyl (C=O) groups is 1. The van der Waals surface area contributed by atoms with Crippen molar-refractivity contribution in [2.24, 2.45) is 0 Å². The van der Waals surface area contributed by atoms with E-state index < -0.39 is 0 Å². The lowest BCUT2D eigenvalue weighted by atomic mass is 10.1. The van der Waals surface area contributed by atoms with Crippen LogP contribution in [0, 0.1) is 0 Å². The van der Waals surface area contributed by atoms with Crippen molar-refractivity contribution in [2.75, 3.05) is 13.6 Å². The first-order valence-corrected chi connectivity index (χ1v) is 10.5. The minimum Gasteiger partial charge on any atom is -0.377 e. The van der Waals surface area contributed by atoms with E-state index in [0.717, 1.165) is 34.6 Å². The molecular formula is C24H34N4O. The molecule has 0 bridgehead atoms. The maximum absolute atomic E-state index is 11.8. The van der Waals surface area contributed by atoms with Gasteiger partial charge in [0.05, 0.1) is 5.70 Å². The molecule has 1 aromatic heterocycles. The summed E-state index contributed by atoms with van der Waals surface area (Å²) in [5, 5.41) is 9.09. The Morgan fingerprint density at radius 1 is 1.21 bits per heavy atom. The number of aryl methyl sites for hydroxylation is 1. The van der Waals surface area contributed by atoms with Gasteiger partial charge in [-0.1, -0.05) is 57.6 Å². The number of pyridine rings is 1. The fourth-order valence-electron chi connectivity index (χ4n) is 3.22. The molecule has 2 rings (SSSR count). The molecule has 0 atom stereocenters. The molecule has 0 saturated heterocycles. The van der Waals surface area contributed by atoms with E-state index >= 15 is 0 Å². The van der Waals surface area contributed by atoms with Crippen LogP contribution in [-0.2, 0) is 17.6 Å². The molecule has 1 aliphatic rings. The molecule has 0 aromatic carbocycles. The van der Waals surface area contributed by atoms with Crippen LogP contribution in [-0.4, -0.2) is 24.5 Å². The number of amides is 1. The second-order valence-electron chi connectivity index (χ2n) is 7.37. The first kappa shape index (κ1) is 22.5. The minimum absolute atomic E-state index is 0.107. The first-order valence-electron chi connectivity index (χ1n) is 10.5. The molecule has 156 valence electrons. The maximum Gasteiger partial charge on any atom is 0.266 e. The fourth-order valence-corrected chi connectivity index (χ4v) is 3.22. The van der Waals surface area contributed by atoms with Crippen LogP contribution in [0.25, 0.3) is 0 Å². The van der Waals surface area contributed by atoms with E-state index in [0.29, 0.717) is 25.1 Å². The summed E-state index contributed by atoms with van der Waals surface area (Å²) in [6.07, 6.45) is 13.3. The Balaban J connectivity index is 1.79. The smallest absolute Gasteiger partial charge is 0.266 e. The van der Waals surface area contributed by atoms with E-state index in [2.05, 4.69) is 59.2 Å². The average molecular weight is 395 g/mol. The van der Waals surface area contributed by atoms with Gasteiger partial charge in [-0.2, -0.15) is 0 Å². The SMILES string of the molecule is C=C(Cc1ccc(CCCCCC)nc1)NC(=C)C1=CCC=C(C(=O)NC)NC1. The lowest BCUT2D eigenvalue weighted by molar-refractivity contribution is -0.117. The summed E-state index contributed by atoms with van der Waals surface area (Å²) >= 11 is 0. The fraction of sp³-hybridized carbons (Fsp3) is 0.417. The zero-order valence-corrected chi connectivity index (χ0v) is 17.8. The molecule has 1 amide bonds. The highest BCUT2D eigenvalue weighted by Gasteiger charge is 2.12. The quantitative estimate of drug-likeness (QED) is 0.498. The summed E-state index contributed by atoms with van der Waals surface area (Å²) in [6, 6.07) is 4.25. The van der Waals surface area contributed by atoms with Crippen molar-refractivity contribution in [3.8, 4) is 0 Å². The third kappa shape index (κ3) is 7.60. The van der Waals surface area contributed by atoms with E-state index in [4.69, 9.17) is 0 Å². The molecule has 2 heterocycles. The Labute approximate surface area is 175 Å². The molecule has 1 aliphatic heterocycles. The summed E-state index contributed by atoms with van der Waals surface area (Å²) in [4.78, 5) is 16.4. The third-order valence-electron chi connectivity index (χ3n) is 4.93. The van der Waals surface area contributed by atoms with Crippen molar-refractivity contribution in [3.63, 3.8) is 0 Å². The summed E-state index contributed by atoms with van der Waals surface area (Å²) in [7, 11) is 1.63. The minimum atomic E-state index is -0.107. The topological polar surface area (TPSA) is 66.0 Å². The molecular weight excluding hydrogens is 360 g/mol. The van der Waals surface area contributed by atoms with E-state index in [1.807, 2.05) is 12.3 Å². The Kier molecular flexibility index (Phi) is 9.22. The Morgan fingerprint density at radius 2 is 2.03 bits per heavy atom. The first-order chi connectivity index (χ1) is 14.0. The van der Waals surface area contributed by atoms with Gasteiger partial charge in [0, 0.05) is 43.3 Å². The third-order valence-corrected chi connectivity index (χ3v) is 4.93. The summed E-state index contributed by atoms with van der Waals surface area (Å²) < 4.78 is 0. The van der Waals surface area contributed by atoms with Gasteiger partial charge in [0.1, 0.15) is 0 Å². The molecule has 5 heteroatoms. The van der Waals surface area contributed by atoms with E-state index in [1.165, 1.54) is 25.7 Å². The number of likely N-dealkylation sites (N-methyl/N-ethyl adjacent to an activating group) is 1. The van der Waals surface area contributed by atoms with Crippen LogP contribution in [0.15, 0.2) is 66.3 Å². The molecule has 29 heavy (non-hydrogen) atoms. The molecule has 0 aliphatic carbocycles. The largest absolute Gasteiger partial charge is 0.377 e. The normalized spacial score (nSPS) is 13.4. The van der Waals surface area contributed by atoms with Crippen molar-refractivity contribution in [1.29, 1.82) is 0 Å². The van der Waals surface area contributed by atoms with E-state index in [-0.39, 0.29) is 5.91 Å². The van der Waals surface area contributed by atoms with Crippen LogP contribution in [0.4, 0.5) is 0 Å². The van der Waals surface area contributed by atoms with Crippen LogP contribution in [0.5, 0.6) is 0 Å². The second-order valence-corrected chi connectivity index (χ2v) is 7.37. The molecule has 0 saturated carbocycles. The van der Waals surface area contributed by atoms with Gasteiger partial charge >= 0.3 is 0 Å². The predicted molar refractivity (Wildman–Crippen MR) is 120 cm³/mol. The van der Waals surface area contributed by atoms with E-state index in [9.17, 15) is 4.79 Å². The number of hydrogen-bond acceptors (Lipinski definition) is 4. The number of allylic oxidation sites excluding steroid dienone is 3. The highest BCUT2D eigenvalue weighted by Crippen LogP contribution is 2.14. The summed E-state index contributed by atoms with van der Waals surface area (Å²) in [5.74, 6) is -0.107. The van der Waals surface area contributed by atoms with Gasteiger partial charge in [-0.25, -0.2) is 0 Å². The number of rotatable bonds is 11. The number of aromatic nitrogens is 1. The predicted octanol–water partition coefficient (Wildman–Crippen LogP) is 3.91. The van der Waals surface area contributed by atoms with Crippen molar-refractivity contribution in [1.82, 2.24) is 20.9 Å². The molecule has 0 unspecified atom stereocenters. The van der Waals surface area contributed by atoms with Crippen LogP contribution < -0.4 is 16.0 Å². The van der Waals surface area contributed by atoms with Crippen molar-refractivity contribution < 1.29 is 4.79 Å². The van der Waals surface area contributed by atoms with Gasteiger partial charge < -0.3 is 16.0 Å². The van der Waals surface area contributed by atoms with Gasteiger partial charge in [-0.3, -0.25) is 9.78 Å². The van der Waals surface area contributed by atoms with Crippen molar-refractivity contribution >= 4 is 5.91 Å². The van der Waals surface area contributed by atoms with Crippen molar-refractivity contribution in [2.45, 2.75) is 51.9 Å².